The summed E-state index contributed by atoms with van der Waals surface area (Å²) in [5.74, 6) is 0.582. The lowest BCUT2D eigenvalue weighted by molar-refractivity contribution is 0.0697. The predicted molar refractivity (Wildman–Crippen MR) is 107 cm³/mol. The number of carbonyl (C=O) groups is 1. The zero-order chi connectivity index (χ0) is 19.2. The van der Waals surface area contributed by atoms with Gasteiger partial charge in [-0.1, -0.05) is 12.1 Å². The van der Waals surface area contributed by atoms with Crippen molar-refractivity contribution in [1.29, 1.82) is 0 Å². The third kappa shape index (κ3) is 4.95. The minimum absolute atomic E-state index is 0.211. The third-order valence-electron chi connectivity index (χ3n) is 4.11. The minimum Gasteiger partial charge on any atom is -0.478 e. The fraction of sp³-hybridized carbons (Fsp3) is 0.0909. The first-order chi connectivity index (χ1) is 13.0. The number of hydrogen-bond donors (Lipinski definition) is 2. The van der Waals surface area contributed by atoms with Gasteiger partial charge in [-0.05, 0) is 85.1 Å². The number of aryl methyl sites for hydroxylation is 2. The molecular weight excluding hydrogens is 340 g/mol. The molecular formula is C22H20N2O3. The van der Waals surface area contributed by atoms with Gasteiger partial charge >= 0.3 is 5.97 Å². The molecule has 3 aromatic carbocycles. The number of ether oxygens (including phenoxy) is 1. The van der Waals surface area contributed by atoms with Gasteiger partial charge < -0.3 is 9.84 Å². The Balaban J connectivity index is 1.61. The summed E-state index contributed by atoms with van der Waals surface area (Å²) in [4.78, 5) is 11.0. The SMILES string of the molecule is Cc1ccc(Oc2ccc(C=NNc3cccc(C(=O)O)c3)cc2)cc1C. The van der Waals surface area contributed by atoms with Gasteiger partial charge in [0, 0.05) is 0 Å². The average molecular weight is 360 g/mol. The summed E-state index contributed by atoms with van der Waals surface area (Å²) in [5, 5.41) is 13.1. The smallest absolute Gasteiger partial charge is 0.335 e. The zero-order valence-corrected chi connectivity index (χ0v) is 15.1. The van der Waals surface area contributed by atoms with Crippen LogP contribution in [0.3, 0.4) is 0 Å². The van der Waals surface area contributed by atoms with Gasteiger partial charge in [0.2, 0.25) is 0 Å². The van der Waals surface area contributed by atoms with Crippen LogP contribution in [-0.4, -0.2) is 17.3 Å². The molecule has 0 bridgehead atoms. The normalized spacial score (nSPS) is 10.7. The van der Waals surface area contributed by atoms with Crippen LogP contribution in [0.2, 0.25) is 0 Å². The summed E-state index contributed by atoms with van der Waals surface area (Å²) in [7, 11) is 0. The Morgan fingerprint density at radius 1 is 0.963 bits per heavy atom. The van der Waals surface area contributed by atoms with Crippen molar-refractivity contribution in [3.05, 3.63) is 89.0 Å². The number of nitrogens with one attached hydrogen (secondary N) is 1. The Labute approximate surface area is 157 Å². The lowest BCUT2D eigenvalue weighted by atomic mass is 10.1. The first kappa shape index (κ1) is 18.2. The number of carboxylic acid groups (broad SMARTS) is 1. The maximum Gasteiger partial charge on any atom is 0.335 e. The molecule has 0 aliphatic rings. The molecule has 0 fully saturated rings. The summed E-state index contributed by atoms with van der Waals surface area (Å²) in [6, 6.07) is 20.0. The second-order valence-electron chi connectivity index (χ2n) is 6.17. The van der Waals surface area contributed by atoms with Crippen molar-refractivity contribution in [3.8, 4) is 11.5 Å². The highest BCUT2D eigenvalue weighted by atomic mass is 16.5. The highest BCUT2D eigenvalue weighted by Crippen LogP contribution is 2.23. The van der Waals surface area contributed by atoms with Crippen molar-refractivity contribution in [2.45, 2.75) is 13.8 Å². The summed E-state index contributed by atoms with van der Waals surface area (Å²) >= 11 is 0. The molecule has 0 aliphatic heterocycles. The van der Waals surface area contributed by atoms with Crippen molar-refractivity contribution in [1.82, 2.24) is 0 Å². The van der Waals surface area contributed by atoms with Gasteiger partial charge in [-0.15, -0.1) is 0 Å². The summed E-state index contributed by atoms with van der Waals surface area (Å²) in [6.45, 7) is 4.13. The van der Waals surface area contributed by atoms with Crippen LogP contribution in [0.4, 0.5) is 5.69 Å². The molecule has 136 valence electrons. The molecule has 0 radical (unpaired) electrons. The van der Waals surface area contributed by atoms with Crippen LogP contribution in [0.1, 0.15) is 27.0 Å². The Bertz CT molecular complexity index is 979. The fourth-order valence-corrected chi connectivity index (χ4v) is 2.44. The van der Waals surface area contributed by atoms with E-state index in [1.807, 2.05) is 42.5 Å². The quantitative estimate of drug-likeness (QED) is 0.466. The standard InChI is InChI=1S/C22H20N2O3/c1-15-6-9-21(12-16(15)2)27-20-10-7-17(8-11-20)14-23-24-19-5-3-4-18(13-19)22(25)26/h3-14,24H,1-2H3,(H,25,26). The van der Waals surface area contributed by atoms with Crippen LogP contribution >= 0.6 is 0 Å². The summed E-state index contributed by atoms with van der Waals surface area (Å²) in [6.07, 6.45) is 1.66. The van der Waals surface area contributed by atoms with Crippen LogP contribution in [0, 0.1) is 13.8 Å². The maximum absolute atomic E-state index is 11.0. The molecule has 0 spiro atoms. The van der Waals surface area contributed by atoms with E-state index in [0.29, 0.717) is 5.69 Å². The van der Waals surface area contributed by atoms with Crippen molar-refractivity contribution in [2.24, 2.45) is 5.10 Å². The van der Waals surface area contributed by atoms with E-state index < -0.39 is 5.97 Å². The van der Waals surface area contributed by atoms with Crippen LogP contribution in [0.25, 0.3) is 0 Å². The number of anilines is 1. The average Bonchev–Trinajstić information content (AvgIpc) is 2.66. The van der Waals surface area contributed by atoms with E-state index in [-0.39, 0.29) is 5.56 Å². The van der Waals surface area contributed by atoms with E-state index in [0.717, 1.165) is 17.1 Å². The zero-order valence-electron chi connectivity index (χ0n) is 15.1. The van der Waals surface area contributed by atoms with Crippen molar-refractivity contribution >= 4 is 17.9 Å². The Morgan fingerprint density at radius 3 is 2.41 bits per heavy atom. The van der Waals surface area contributed by atoms with Gasteiger partial charge in [-0.2, -0.15) is 5.10 Å². The Hall–Kier alpha value is -3.60. The van der Waals surface area contributed by atoms with Crippen LogP contribution in [0.5, 0.6) is 11.5 Å². The third-order valence-corrected chi connectivity index (χ3v) is 4.11. The second-order valence-corrected chi connectivity index (χ2v) is 6.17. The molecule has 0 aromatic heterocycles. The number of benzene rings is 3. The van der Waals surface area contributed by atoms with E-state index in [9.17, 15) is 4.79 Å². The number of rotatable bonds is 6. The van der Waals surface area contributed by atoms with Gasteiger partial charge in [-0.25, -0.2) is 4.79 Å². The van der Waals surface area contributed by atoms with Gasteiger partial charge in [0.15, 0.2) is 0 Å². The van der Waals surface area contributed by atoms with E-state index in [4.69, 9.17) is 9.84 Å². The van der Waals surface area contributed by atoms with Gasteiger partial charge in [-0.3, -0.25) is 5.43 Å². The lowest BCUT2D eigenvalue weighted by Crippen LogP contribution is -1.97. The molecule has 3 aromatic rings. The van der Waals surface area contributed by atoms with E-state index >= 15 is 0 Å². The molecule has 3 rings (SSSR count). The number of nitrogens with zero attached hydrogens (tertiary/aromatic N) is 1. The molecule has 0 aliphatic carbocycles. The van der Waals surface area contributed by atoms with Crippen LogP contribution in [0.15, 0.2) is 71.8 Å². The number of aromatic carboxylic acids is 1. The molecule has 0 saturated heterocycles. The Morgan fingerprint density at radius 2 is 1.70 bits per heavy atom. The van der Waals surface area contributed by atoms with E-state index in [1.165, 1.54) is 23.3 Å². The minimum atomic E-state index is -0.970. The van der Waals surface area contributed by atoms with Gasteiger partial charge in [0.1, 0.15) is 11.5 Å². The van der Waals surface area contributed by atoms with E-state index in [2.05, 4.69) is 24.4 Å². The highest BCUT2D eigenvalue weighted by Gasteiger charge is 2.02. The number of carboxylic acids is 1. The predicted octanol–water partition coefficient (Wildman–Crippen LogP) is 5.24. The van der Waals surface area contributed by atoms with Crippen LogP contribution in [-0.2, 0) is 0 Å². The number of hydrazone groups is 1. The van der Waals surface area contributed by atoms with Crippen molar-refractivity contribution in [2.75, 3.05) is 5.43 Å². The molecule has 0 unspecified atom stereocenters. The topological polar surface area (TPSA) is 70.9 Å². The second kappa shape index (κ2) is 8.19. The fourth-order valence-electron chi connectivity index (χ4n) is 2.44. The van der Waals surface area contributed by atoms with Gasteiger partial charge in [0.25, 0.3) is 0 Å². The monoisotopic (exact) mass is 360 g/mol. The molecule has 0 amide bonds. The molecule has 0 saturated carbocycles. The summed E-state index contributed by atoms with van der Waals surface area (Å²) in [5.41, 5.74) is 6.97. The maximum atomic E-state index is 11.0. The molecule has 27 heavy (non-hydrogen) atoms. The molecule has 0 heterocycles. The first-order valence-corrected chi connectivity index (χ1v) is 8.49. The largest absolute Gasteiger partial charge is 0.478 e. The van der Waals surface area contributed by atoms with Gasteiger partial charge in [0.05, 0.1) is 17.5 Å². The van der Waals surface area contributed by atoms with E-state index in [1.54, 1.807) is 18.3 Å². The summed E-state index contributed by atoms with van der Waals surface area (Å²) < 4.78 is 5.86. The molecule has 2 N–H and O–H groups in total. The molecule has 0 atom stereocenters. The Kier molecular flexibility index (Phi) is 5.52. The van der Waals surface area contributed by atoms with Crippen LogP contribution < -0.4 is 10.2 Å². The highest BCUT2D eigenvalue weighted by molar-refractivity contribution is 5.88. The van der Waals surface area contributed by atoms with Crippen molar-refractivity contribution in [3.63, 3.8) is 0 Å². The number of hydrogen-bond acceptors (Lipinski definition) is 4. The lowest BCUT2D eigenvalue weighted by Gasteiger charge is -2.08. The van der Waals surface area contributed by atoms with Crippen molar-refractivity contribution < 1.29 is 14.6 Å². The molecule has 5 heteroatoms. The first-order valence-electron chi connectivity index (χ1n) is 8.49. The molecule has 5 nitrogen and oxygen atoms in total.